The monoisotopic (exact) mass is 468 g/mol. The van der Waals surface area contributed by atoms with E-state index in [0.29, 0.717) is 0 Å². The number of rotatable bonds is 9. The van der Waals surface area contributed by atoms with E-state index in [1.165, 1.54) is 0 Å². The number of carbonyl (C=O) groups excluding carboxylic acids is 2. The molecule has 0 unspecified atom stereocenters. The van der Waals surface area contributed by atoms with Gasteiger partial charge in [0.05, 0.1) is 11.0 Å². The fraction of sp³-hybridized carbons (Fsp3) is 0.423. The minimum Gasteiger partial charge on any atom is -0.480 e. The Kier molecular flexibility index (Phi) is 7.31. The highest BCUT2D eigenvalue weighted by Crippen LogP contribution is 2.44. The van der Waals surface area contributed by atoms with Gasteiger partial charge in [-0.25, -0.2) is 9.59 Å². The van der Waals surface area contributed by atoms with Crippen molar-refractivity contribution in [3.05, 3.63) is 59.7 Å². The molecular formula is C26H32N2O6. The zero-order valence-corrected chi connectivity index (χ0v) is 19.9. The van der Waals surface area contributed by atoms with Gasteiger partial charge in [-0.2, -0.15) is 0 Å². The molecule has 3 rings (SSSR count). The Balaban J connectivity index is 1.67. The van der Waals surface area contributed by atoms with E-state index in [2.05, 4.69) is 22.8 Å². The molecule has 0 bridgehead atoms. The average Bonchev–Trinajstić information content (AvgIpc) is 3.10. The normalized spacial score (nSPS) is 14.0. The summed E-state index contributed by atoms with van der Waals surface area (Å²) in [5, 5.41) is 23.5. The van der Waals surface area contributed by atoms with Gasteiger partial charge in [0.2, 0.25) is 5.91 Å². The van der Waals surface area contributed by atoms with Crippen molar-refractivity contribution in [3.8, 4) is 11.1 Å². The molecule has 182 valence electrons. The number of alkyl carbamates (subject to hydrolysis) is 1. The number of hydrogen-bond acceptors (Lipinski definition) is 5. The topological polar surface area (TPSA) is 125 Å². The van der Waals surface area contributed by atoms with E-state index in [-0.39, 0.29) is 25.6 Å². The Bertz CT molecular complexity index is 1030. The summed E-state index contributed by atoms with van der Waals surface area (Å²) < 4.78 is 5.60. The quantitative estimate of drug-likeness (QED) is 0.448. The molecule has 1 atom stereocenters. The lowest BCUT2D eigenvalue weighted by Gasteiger charge is -2.41. The maximum atomic E-state index is 12.9. The molecule has 2 aromatic carbocycles. The van der Waals surface area contributed by atoms with E-state index >= 15 is 0 Å². The van der Waals surface area contributed by atoms with Gasteiger partial charge >= 0.3 is 12.1 Å². The van der Waals surface area contributed by atoms with Crippen LogP contribution in [0.5, 0.6) is 0 Å². The first-order valence-corrected chi connectivity index (χ1v) is 11.3. The predicted molar refractivity (Wildman–Crippen MR) is 127 cm³/mol. The predicted octanol–water partition coefficient (Wildman–Crippen LogP) is 3.28. The summed E-state index contributed by atoms with van der Waals surface area (Å²) in [6, 6.07) is 14.8. The van der Waals surface area contributed by atoms with Crippen LogP contribution in [-0.2, 0) is 14.3 Å². The van der Waals surface area contributed by atoms with E-state index in [1.54, 1.807) is 27.7 Å². The van der Waals surface area contributed by atoms with Crippen LogP contribution in [0.25, 0.3) is 11.1 Å². The second-order valence-corrected chi connectivity index (χ2v) is 9.58. The minimum atomic E-state index is -1.24. The van der Waals surface area contributed by atoms with E-state index in [1.807, 2.05) is 36.4 Å². The van der Waals surface area contributed by atoms with Crippen LogP contribution in [0.15, 0.2) is 48.5 Å². The molecule has 4 N–H and O–H groups in total. The number of carbonyl (C=O) groups is 3. The largest absolute Gasteiger partial charge is 0.480 e. The Morgan fingerprint density at radius 3 is 2.00 bits per heavy atom. The molecule has 2 aromatic rings. The minimum absolute atomic E-state index is 0.0904. The number of aliphatic hydroxyl groups excluding tert-OH is 1. The molecule has 34 heavy (non-hydrogen) atoms. The highest BCUT2D eigenvalue weighted by atomic mass is 16.5. The van der Waals surface area contributed by atoms with Crippen molar-refractivity contribution in [2.24, 2.45) is 5.41 Å². The first-order valence-electron chi connectivity index (χ1n) is 11.3. The molecule has 1 aliphatic rings. The van der Waals surface area contributed by atoms with Gasteiger partial charge in [-0.05, 0) is 49.9 Å². The van der Waals surface area contributed by atoms with Crippen molar-refractivity contribution in [1.82, 2.24) is 10.6 Å². The fourth-order valence-corrected chi connectivity index (χ4v) is 4.05. The average molecular weight is 469 g/mol. The van der Waals surface area contributed by atoms with Crippen molar-refractivity contribution in [2.45, 2.75) is 51.6 Å². The molecule has 1 aliphatic carbocycles. The highest BCUT2D eigenvalue weighted by molar-refractivity contribution is 5.88. The van der Waals surface area contributed by atoms with Crippen LogP contribution in [0.1, 0.15) is 51.2 Å². The second-order valence-electron chi connectivity index (χ2n) is 9.58. The first kappa shape index (κ1) is 25.2. The third-order valence-corrected chi connectivity index (χ3v) is 6.91. The van der Waals surface area contributed by atoms with Gasteiger partial charge in [0, 0.05) is 18.9 Å². The number of amides is 2. The molecule has 0 radical (unpaired) electrons. The SMILES string of the molecule is CC(C)(NC(=O)OCC1c2ccccc2-c2ccccc21)C(C)(C)C(=O)N[C@@H](CCO)C(=O)O. The molecule has 8 heteroatoms. The van der Waals surface area contributed by atoms with E-state index in [4.69, 9.17) is 9.84 Å². The Hall–Kier alpha value is -3.39. The summed E-state index contributed by atoms with van der Waals surface area (Å²) in [7, 11) is 0. The van der Waals surface area contributed by atoms with Gasteiger partial charge in [-0.3, -0.25) is 4.79 Å². The third kappa shape index (κ3) is 4.92. The van der Waals surface area contributed by atoms with Gasteiger partial charge in [-0.1, -0.05) is 48.5 Å². The van der Waals surface area contributed by atoms with Crippen molar-refractivity contribution in [2.75, 3.05) is 13.2 Å². The van der Waals surface area contributed by atoms with Crippen molar-refractivity contribution >= 4 is 18.0 Å². The van der Waals surface area contributed by atoms with Crippen LogP contribution in [0, 0.1) is 5.41 Å². The highest BCUT2D eigenvalue weighted by Gasteiger charge is 2.45. The molecule has 8 nitrogen and oxygen atoms in total. The molecule has 2 amide bonds. The van der Waals surface area contributed by atoms with E-state index < -0.39 is 35.0 Å². The van der Waals surface area contributed by atoms with Crippen LogP contribution in [-0.4, -0.2) is 53.0 Å². The van der Waals surface area contributed by atoms with Crippen LogP contribution in [0.3, 0.4) is 0 Å². The summed E-state index contributed by atoms with van der Waals surface area (Å²) in [4.78, 5) is 37.0. The van der Waals surface area contributed by atoms with E-state index in [9.17, 15) is 19.5 Å². The number of hydrogen-bond donors (Lipinski definition) is 4. The lowest BCUT2D eigenvalue weighted by molar-refractivity contribution is -0.145. The molecule has 0 aromatic heterocycles. The summed E-state index contributed by atoms with van der Waals surface area (Å²) in [5.74, 6) is -1.88. The Morgan fingerprint density at radius 2 is 1.50 bits per heavy atom. The molecule has 0 fully saturated rings. The van der Waals surface area contributed by atoms with Crippen LogP contribution >= 0.6 is 0 Å². The summed E-state index contributed by atoms with van der Waals surface area (Å²) >= 11 is 0. The van der Waals surface area contributed by atoms with Gasteiger partial charge in [0.15, 0.2) is 0 Å². The van der Waals surface area contributed by atoms with Crippen molar-refractivity contribution < 1.29 is 29.3 Å². The molecule has 0 saturated carbocycles. The van der Waals surface area contributed by atoms with Crippen molar-refractivity contribution in [1.29, 1.82) is 0 Å². The number of carboxylic acids is 1. The van der Waals surface area contributed by atoms with E-state index in [0.717, 1.165) is 22.3 Å². The van der Waals surface area contributed by atoms with Crippen LogP contribution in [0.2, 0.25) is 0 Å². The standard InChI is InChI=1S/C26H32N2O6/c1-25(2,23(32)27-21(13-14-29)22(30)31)26(3,4)28-24(33)34-15-20-18-11-7-5-9-16(18)17-10-6-8-12-19(17)20/h5-12,20-21,29H,13-15H2,1-4H3,(H,27,32)(H,28,33)(H,30,31)/t21-/m0/s1. The van der Waals surface area contributed by atoms with Gasteiger partial charge in [0.25, 0.3) is 0 Å². The maximum absolute atomic E-state index is 12.9. The molecule has 0 spiro atoms. The number of carboxylic acid groups (broad SMARTS) is 1. The number of aliphatic carboxylic acids is 1. The Labute approximate surface area is 199 Å². The number of nitrogens with one attached hydrogen (secondary N) is 2. The number of fused-ring (bicyclic) bond motifs is 3. The lowest BCUT2D eigenvalue weighted by Crippen LogP contribution is -2.61. The lowest BCUT2D eigenvalue weighted by atomic mass is 9.73. The zero-order valence-electron chi connectivity index (χ0n) is 19.9. The molecule has 0 aliphatic heterocycles. The number of ether oxygens (including phenoxy) is 1. The summed E-state index contributed by atoms with van der Waals surface area (Å²) in [6.45, 7) is 6.35. The van der Waals surface area contributed by atoms with Crippen LogP contribution < -0.4 is 10.6 Å². The fourth-order valence-electron chi connectivity index (χ4n) is 4.05. The molecular weight excluding hydrogens is 436 g/mol. The number of benzene rings is 2. The Morgan fingerprint density at radius 1 is 0.971 bits per heavy atom. The second kappa shape index (κ2) is 9.85. The first-order chi connectivity index (χ1) is 16.0. The number of aliphatic hydroxyl groups is 1. The van der Waals surface area contributed by atoms with Gasteiger partial charge < -0.3 is 25.6 Å². The summed E-state index contributed by atoms with van der Waals surface area (Å²) in [6.07, 6.45) is -0.782. The van der Waals surface area contributed by atoms with Crippen LogP contribution in [0.4, 0.5) is 4.79 Å². The smallest absolute Gasteiger partial charge is 0.407 e. The third-order valence-electron chi connectivity index (χ3n) is 6.91. The summed E-state index contributed by atoms with van der Waals surface area (Å²) in [5.41, 5.74) is 2.20. The molecule has 0 heterocycles. The zero-order chi connectivity index (χ0) is 25.1. The van der Waals surface area contributed by atoms with Gasteiger partial charge in [-0.15, -0.1) is 0 Å². The maximum Gasteiger partial charge on any atom is 0.407 e. The molecule has 0 saturated heterocycles. The van der Waals surface area contributed by atoms with Crippen molar-refractivity contribution in [3.63, 3.8) is 0 Å². The van der Waals surface area contributed by atoms with Gasteiger partial charge in [0.1, 0.15) is 12.6 Å².